The fraction of sp³-hybridized carbons (Fsp3) is 0.333. The summed E-state index contributed by atoms with van der Waals surface area (Å²) in [7, 11) is 1.59. The SMILES string of the molecule is CCN(CC)CCOc1cc(NC(=O)Cc2csc(-c3cccc(Cl)c3Cl)n2)ccc1OC. The van der Waals surface area contributed by atoms with Gasteiger partial charge in [-0.25, -0.2) is 4.98 Å². The Morgan fingerprint density at radius 1 is 1.15 bits per heavy atom. The van der Waals surface area contributed by atoms with Crippen molar-refractivity contribution in [1.29, 1.82) is 0 Å². The second-order valence-corrected chi connectivity index (χ2v) is 8.85. The van der Waals surface area contributed by atoms with Gasteiger partial charge in [0.2, 0.25) is 5.91 Å². The van der Waals surface area contributed by atoms with Gasteiger partial charge in [-0.1, -0.05) is 49.2 Å². The van der Waals surface area contributed by atoms with E-state index in [9.17, 15) is 4.79 Å². The summed E-state index contributed by atoms with van der Waals surface area (Å²) in [4.78, 5) is 19.4. The van der Waals surface area contributed by atoms with E-state index in [1.807, 2.05) is 17.5 Å². The predicted molar refractivity (Wildman–Crippen MR) is 136 cm³/mol. The summed E-state index contributed by atoms with van der Waals surface area (Å²) < 4.78 is 11.3. The van der Waals surface area contributed by atoms with Crippen molar-refractivity contribution in [3.05, 3.63) is 57.5 Å². The number of halogens is 2. The summed E-state index contributed by atoms with van der Waals surface area (Å²) in [6.45, 7) is 7.52. The van der Waals surface area contributed by atoms with Gasteiger partial charge in [-0.05, 0) is 31.3 Å². The van der Waals surface area contributed by atoms with Crippen molar-refractivity contribution < 1.29 is 14.3 Å². The van der Waals surface area contributed by atoms with E-state index >= 15 is 0 Å². The highest BCUT2D eigenvalue weighted by Gasteiger charge is 2.14. The van der Waals surface area contributed by atoms with Crippen molar-refractivity contribution in [1.82, 2.24) is 9.88 Å². The van der Waals surface area contributed by atoms with Gasteiger partial charge in [0, 0.05) is 29.2 Å². The maximum absolute atomic E-state index is 12.6. The molecule has 33 heavy (non-hydrogen) atoms. The number of aromatic nitrogens is 1. The van der Waals surface area contributed by atoms with E-state index in [1.54, 1.807) is 31.4 Å². The number of rotatable bonds is 11. The van der Waals surface area contributed by atoms with Crippen LogP contribution in [-0.4, -0.2) is 49.1 Å². The highest BCUT2D eigenvalue weighted by molar-refractivity contribution is 7.13. The van der Waals surface area contributed by atoms with Crippen molar-refractivity contribution in [2.45, 2.75) is 20.3 Å². The molecule has 1 aromatic heterocycles. The minimum absolute atomic E-state index is 0.138. The predicted octanol–water partition coefficient (Wildman–Crippen LogP) is 6.03. The molecule has 0 atom stereocenters. The minimum Gasteiger partial charge on any atom is -0.493 e. The van der Waals surface area contributed by atoms with Crippen LogP contribution in [0.15, 0.2) is 41.8 Å². The molecule has 1 heterocycles. The van der Waals surface area contributed by atoms with E-state index in [1.165, 1.54) is 11.3 Å². The number of thiazole rings is 1. The average molecular weight is 508 g/mol. The molecule has 3 rings (SSSR count). The monoisotopic (exact) mass is 507 g/mol. The number of nitrogens with zero attached hydrogens (tertiary/aromatic N) is 2. The maximum atomic E-state index is 12.6. The molecule has 0 radical (unpaired) electrons. The molecule has 6 nitrogen and oxygen atoms in total. The largest absolute Gasteiger partial charge is 0.493 e. The molecule has 0 fully saturated rings. The van der Waals surface area contributed by atoms with Gasteiger partial charge >= 0.3 is 0 Å². The zero-order valence-electron chi connectivity index (χ0n) is 18.9. The van der Waals surface area contributed by atoms with Crippen molar-refractivity contribution >= 4 is 46.1 Å². The Labute approximate surface area is 208 Å². The second kappa shape index (κ2) is 12.2. The Balaban J connectivity index is 1.63. The molecule has 1 N–H and O–H groups in total. The number of benzene rings is 2. The van der Waals surface area contributed by atoms with Gasteiger partial charge in [-0.3, -0.25) is 4.79 Å². The molecule has 0 saturated carbocycles. The fourth-order valence-corrected chi connectivity index (χ4v) is 4.54. The van der Waals surface area contributed by atoms with Gasteiger partial charge in [0.25, 0.3) is 0 Å². The van der Waals surface area contributed by atoms with Gasteiger partial charge in [0.15, 0.2) is 11.5 Å². The van der Waals surface area contributed by atoms with Crippen molar-refractivity contribution in [2.24, 2.45) is 0 Å². The van der Waals surface area contributed by atoms with Gasteiger partial charge in [-0.2, -0.15) is 0 Å². The summed E-state index contributed by atoms with van der Waals surface area (Å²) in [5, 5.41) is 6.40. The first-order valence-corrected chi connectivity index (χ1v) is 12.3. The normalized spacial score (nSPS) is 11.0. The Bertz CT molecular complexity index is 1090. The molecule has 0 aliphatic heterocycles. The lowest BCUT2D eigenvalue weighted by Gasteiger charge is -2.19. The minimum atomic E-state index is -0.178. The summed E-state index contributed by atoms with van der Waals surface area (Å²) in [5.74, 6) is 1.03. The molecule has 0 unspecified atom stereocenters. The lowest BCUT2D eigenvalue weighted by molar-refractivity contribution is -0.115. The van der Waals surface area contributed by atoms with Crippen LogP contribution in [0.3, 0.4) is 0 Å². The molecule has 3 aromatic rings. The van der Waals surface area contributed by atoms with Crippen LogP contribution in [0.25, 0.3) is 10.6 Å². The third-order valence-electron chi connectivity index (χ3n) is 5.08. The third kappa shape index (κ3) is 6.84. The number of anilines is 1. The van der Waals surface area contributed by atoms with E-state index in [0.29, 0.717) is 39.5 Å². The van der Waals surface area contributed by atoms with Gasteiger partial charge in [0.1, 0.15) is 11.6 Å². The Hall–Kier alpha value is -2.32. The molecule has 9 heteroatoms. The zero-order valence-corrected chi connectivity index (χ0v) is 21.2. The summed E-state index contributed by atoms with van der Waals surface area (Å²) in [6.07, 6.45) is 0.138. The van der Waals surface area contributed by atoms with E-state index in [0.717, 1.165) is 30.2 Å². The maximum Gasteiger partial charge on any atom is 0.230 e. The number of amides is 1. The second-order valence-electron chi connectivity index (χ2n) is 7.21. The topological polar surface area (TPSA) is 63.7 Å². The number of carbonyl (C=O) groups excluding carboxylic acids is 1. The summed E-state index contributed by atoms with van der Waals surface area (Å²) in [5.41, 5.74) is 2.04. The number of hydrogen-bond donors (Lipinski definition) is 1. The molecule has 0 aliphatic rings. The number of likely N-dealkylation sites (N-methyl/N-ethyl adjacent to an activating group) is 1. The standard InChI is InChI=1S/C24H27Cl2N3O3S/c1-4-29(5-2)11-12-32-21-13-16(9-10-20(21)31-3)27-22(30)14-17-15-33-24(28-17)18-7-6-8-19(25)23(18)26/h6-10,13,15H,4-5,11-12,14H2,1-3H3,(H,27,30). The van der Waals surface area contributed by atoms with E-state index in [-0.39, 0.29) is 12.3 Å². The van der Waals surface area contributed by atoms with Crippen molar-refractivity contribution in [3.8, 4) is 22.1 Å². The van der Waals surface area contributed by atoms with Crippen LogP contribution in [-0.2, 0) is 11.2 Å². The van der Waals surface area contributed by atoms with Gasteiger partial charge in [0.05, 0.1) is 29.3 Å². The molecule has 2 aromatic carbocycles. The van der Waals surface area contributed by atoms with Crippen LogP contribution in [0.5, 0.6) is 11.5 Å². The Morgan fingerprint density at radius 2 is 1.94 bits per heavy atom. The van der Waals surface area contributed by atoms with E-state index in [2.05, 4.69) is 29.0 Å². The van der Waals surface area contributed by atoms with Crippen molar-refractivity contribution in [3.63, 3.8) is 0 Å². The number of ether oxygens (including phenoxy) is 2. The highest BCUT2D eigenvalue weighted by atomic mass is 35.5. The quantitative estimate of drug-likeness (QED) is 0.343. The van der Waals surface area contributed by atoms with Crippen LogP contribution in [0.1, 0.15) is 19.5 Å². The lowest BCUT2D eigenvalue weighted by Crippen LogP contribution is -2.28. The Morgan fingerprint density at radius 3 is 2.67 bits per heavy atom. The summed E-state index contributed by atoms with van der Waals surface area (Å²) >= 11 is 13.8. The smallest absolute Gasteiger partial charge is 0.230 e. The molecule has 0 aliphatic carbocycles. The van der Waals surface area contributed by atoms with Gasteiger partial charge < -0.3 is 19.7 Å². The Kier molecular flexibility index (Phi) is 9.38. The lowest BCUT2D eigenvalue weighted by atomic mass is 10.2. The number of hydrogen-bond acceptors (Lipinski definition) is 6. The van der Waals surface area contributed by atoms with E-state index < -0.39 is 0 Å². The van der Waals surface area contributed by atoms with Crippen LogP contribution in [0.2, 0.25) is 10.0 Å². The number of methoxy groups -OCH3 is 1. The first kappa shape index (κ1) is 25.3. The third-order valence-corrected chi connectivity index (χ3v) is 6.83. The highest BCUT2D eigenvalue weighted by Crippen LogP contribution is 2.35. The molecule has 0 bridgehead atoms. The summed E-state index contributed by atoms with van der Waals surface area (Å²) in [6, 6.07) is 10.7. The first-order chi connectivity index (χ1) is 15.9. The van der Waals surface area contributed by atoms with Crippen LogP contribution in [0, 0.1) is 0 Å². The average Bonchev–Trinajstić information content (AvgIpc) is 3.26. The first-order valence-electron chi connectivity index (χ1n) is 10.7. The van der Waals surface area contributed by atoms with Gasteiger partial charge in [-0.15, -0.1) is 11.3 Å². The molecule has 1 amide bonds. The van der Waals surface area contributed by atoms with Crippen molar-refractivity contribution in [2.75, 3.05) is 38.7 Å². The van der Waals surface area contributed by atoms with Crippen LogP contribution < -0.4 is 14.8 Å². The number of carbonyl (C=O) groups is 1. The molecule has 0 saturated heterocycles. The molecular weight excluding hydrogens is 481 g/mol. The van der Waals surface area contributed by atoms with Crippen LogP contribution in [0.4, 0.5) is 5.69 Å². The molecule has 176 valence electrons. The van der Waals surface area contributed by atoms with E-state index in [4.69, 9.17) is 32.7 Å². The van der Waals surface area contributed by atoms with Crippen LogP contribution >= 0.6 is 34.5 Å². The fourth-order valence-electron chi connectivity index (χ4n) is 3.24. The molecule has 0 spiro atoms. The zero-order chi connectivity index (χ0) is 23.8. The number of nitrogens with one attached hydrogen (secondary N) is 1. The molecular formula is C24H27Cl2N3O3S.